The van der Waals surface area contributed by atoms with Crippen molar-refractivity contribution in [2.45, 2.75) is 163 Å². The molecule has 5 rings (SSSR count). The molecule has 3 heterocycles. The normalized spacial score (nSPS) is 23.4. The fourth-order valence-electron chi connectivity index (χ4n) is 9.65. The van der Waals surface area contributed by atoms with Crippen LogP contribution < -0.4 is 0 Å². The number of hydrogen-bond acceptors (Lipinski definition) is 14. The van der Waals surface area contributed by atoms with Crippen molar-refractivity contribution in [3.05, 3.63) is 108 Å². The summed E-state index contributed by atoms with van der Waals surface area (Å²) in [6.45, 7) is 18.3. The Hall–Kier alpha value is -7.38. The molecule has 1 aliphatic rings. The van der Waals surface area contributed by atoms with Crippen LogP contribution in [0.3, 0.4) is 0 Å². The Balaban J connectivity index is 1.58. The van der Waals surface area contributed by atoms with Crippen LogP contribution in [0.1, 0.15) is 111 Å². The summed E-state index contributed by atoms with van der Waals surface area (Å²) in [5.74, 6) is -7.84. The van der Waals surface area contributed by atoms with Gasteiger partial charge in [-0.3, -0.25) is 19.2 Å². The number of amides is 4. The van der Waals surface area contributed by atoms with Crippen molar-refractivity contribution in [2.24, 2.45) is 23.7 Å². The first-order valence-electron chi connectivity index (χ1n) is 27.2. The lowest BCUT2D eigenvalue weighted by molar-refractivity contribution is -0.176. The van der Waals surface area contributed by atoms with Gasteiger partial charge >= 0.3 is 23.9 Å². The van der Waals surface area contributed by atoms with Crippen LogP contribution in [0.5, 0.6) is 0 Å². The van der Waals surface area contributed by atoms with Gasteiger partial charge < -0.3 is 47.7 Å². The van der Waals surface area contributed by atoms with E-state index in [-0.39, 0.29) is 49.9 Å². The molecule has 1 aliphatic heterocycles. The number of likely N-dealkylation sites (N-methyl/N-ethyl adjacent to an activating group) is 4. The fraction of sp³-hybridized carbons (Fsp3) is 0.559. The van der Waals surface area contributed by atoms with Crippen LogP contribution in [0, 0.1) is 23.7 Å². The minimum atomic E-state index is -1.53. The molecule has 20 nitrogen and oxygen atoms in total. The summed E-state index contributed by atoms with van der Waals surface area (Å²) in [7, 11) is 5.55. The molecule has 8 atom stereocenters. The Morgan fingerprint density at radius 2 is 0.747 bits per heavy atom. The largest absolute Gasteiger partial charge is 0.451 e. The van der Waals surface area contributed by atoms with E-state index < -0.39 is 102 Å². The number of rotatable bonds is 15. The van der Waals surface area contributed by atoms with Crippen LogP contribution in [0.25, 0.3) is 0 Å². The molecule has 0 bridgehead atoms. The van der Waals surface area contributed by atoms with E-state index >= 15 is 0 Å². The van der Waals surface area contributed by atoms with Crippen molar-refractivity contribution in [1.82, 2.24) is 38.7 Å². The van der Waals surface area contributed by atoms with Gasteiger partial charge in [0, 0.05) is 78.9 Å². The lowest BCUT2D eigenvalue weighted by Gasteiger charge is -2.36. The van der Waals surface area contributed by atoms with Crippen molar-refractivity contribution in [2.75, 3.05) is 28.2 Å². The first kappa shape index (κ1) is 62.5. The van der Waals surface area contributed by atoms with Gasteiger partial charge in [0.1, 0.15) is 24.2 Å². The summed E-state index contributed by atoms with van der Waals surface area (Å²) in [5, 5.41) is 0. The maximum absolute atomic E-state index is 14.9. The number of esters is 4. The highest BCUT2D eigenvalue weighted by Crippen LogP contribution is 2.25. The van der Waals surface area contributed by atoms with E-state index in [2.05, 4.69) is 9.97 Å². The van der Waals surface area contributed by atoms with Crippen LogP contribution in [0.15, 0.2) is 86.0 Å². The van der Waals surface area contributed by atoms with Crippen LogP contribution in [0.4, 0.5) is 0 Å². The monoisotopic (exact) mass is 1090 g/mol. The Kier molecular flexibility index (Phi) is 22.5. The van der Waals surface area contributed by atoms with Crippen molar-refractivity contribution in [1.29, 1.82) is 0 Å². The van der Waals surface area contributed by atoms with E-state index in [0.29, 0.717) is 24.2 Å². The highest BCUT2D eigenvalue weighted by molar-refractivity contribution is 5.94. The predicted molar refractivity (Wildman–Crippen MR) is 293 cm³/mol. The van der Waals surface area contributed by atoms with Gasteiger partial charge in [-0.05, 0) is 79.0 Å². The van der Waals surface area contributed by atoms with Crippen LogP contribution in [-0.4, -0.2) is 163 Å². The molecule has 1 saturated heterocycles. The maximum atomic E-state index is 14.9. The number of ether oxygens (including phenoxy) is 4. The third kappa shape index (κ3) is 17.3. The molecule has 0 aliphatic carbocycles. The van der Waals surface area contributed by atoms with E-state index in [0.717, 1.165) is 30.7 Å². The minimum absolute atomic E-state index is 0.0848. The van der Waals surface area contributed by atoms with E-state index in [1.807, 2.05) is 99.5 Å². The lowest BCUT2D eigenvalue weighted by atomic mass is 9.99. The van der Waals surface area contributed by atoms with Gasteiger partial charge in [0.15, 0.2) is 24.4 Å². The number of aromatic nitrogens is 4. The molecule has 4 aromatic rings. The first-order chi connectivity index (χ1) is 37.2. The Morgan fingerprint density at radius 1 is 0.430 bits per heavy atom. The molecule has 0 radical (unpaired) electrons. The summed E-state index contributed by atoms with van der Waals surface area (Å²) in [4.78, 5) is 130. The summed E-state index contributed by atoms with van der Waals surface area (Å²) in [6.07, 6.45) is 4.37. The SMILES string of the molecule is CC(C)C[C@H]1C(=O)O[C@H](Cc2ccc(Cn3ccnc3)cc2)C(=O)N(C)[C@@H](CC(C)C)C(=O)O[C@H](C)C(=O)N(C)[C@@H](CC(C)C)C(=O)O[C@H](Cc2ccc(Cn3ccnc3)cc2)C(=O)N(C)C(C(C)C)C(=O)O[C@H](C)C(=O)N1C. The number of carbonyl (C=O) groups excluding carboxylic acids is 8. The van der Waals surface area contributed by atoms with Crippen molar-refractivity contribution in [3.8, 4) is 0 Å². The number of cyclic esters (lactones) is 4. The molecule has 79 heavy (non-hydrogen) atoms. The van der Waals surface area contributed by atoms with Gasteiger partial charge in [-0.2, -0.15) is 0 Å². The molecule has 0 spiro atoms. The molecular weight excluding hydrogens is 1010 g/mol. The highest BCUT2D eigenvalue weighted by atomic mass is 16.6. The Labute approximate surface area is 465 Å². The number of imidazole rings is 2. The van der Waals surface area contributed by atoms with Crippen LogP contribution in [-0.2, 0) is 83.2 Å². The molecular formula is C59H82N8O12. The van der Waals surface area contributed by atoms with Gasteiger partial charge in [0.2, 0.25) is 0 Å². The van der Waals surface area contributed by atoms with Gasteiger partial charge in [-0.15, -0.1) is 0 Å². The van der Waals surface area contributed by atoms with Crippen molar-refractivity contribution < 1.29 is 57.3 Å². The number of nitrogens with zero attached hydrogens (tertiary/aromatic N) is 8. The van der Waals surface area contributed by atoms with Crippen LogP contribution in [0.2, 0.25) is 0 Å². The van der Waals surface area contributed by atoms with E-state index in [4.69, 9.17) is 18.9 Å². The highest BCUT2D eigenvalue weighted by Gasteiger charge is 2.43. The molecule has 430 valence electrons. The number of benzene rings is 2. The lowest BCUT2D eigenvalue weighted by Crippen LogP contribution is -2.55. The zero-order valence-corrected chi connectivity index (χ0v) is 48.4. The van der Waals surface area contributed by atoms with Crippen molar-refractivity contribution >= 4 is 47.5 Å². The quantitative estimate of drug-likeness (QED) is 0.102. The standard InChI is InChI=1S/C59H82N8O12/c1-36(2)27-46-56(72)76-40(9)52(68)62(11)48(29-38(5)6)58(74)79-50(31-43-17-21-45(22-18-43)33-67-26-24-61-35-67)55(71)65(14)51(39(7)8)59(75)77-41(10)53(69)63(12)47(28-37(3)4)57(73)78-49(54(70)64(46)13)30-42-15-19-44(20-16-42)32-66-25-23-60-34-66/h15-26,34-41,46-51H,27-33H2,1-14H3/t40-,41-,46+,47+,48+,49-,50-,51?/m1/s1. The van der Waals surface area contributed by atoms with E-state index in [1.165, 1.54) is 42.0 Å². The zero-order chi connectivity index (χ0) is 58.4. The molecule has 1 unspecified atom stereocenters. The second-order valence-corrected chi connectivity index (χ2v) is 22.4. The van der Waals surface area contributed by atoms with E-state index in [1.54, 1.807) is 51.0 Å². The average Bonchev–Trinajstić information content (AvgIpc) is 4.15. The molecule has 20 heteroatoms. The topological polar surface area (TPSA) is 222 Å². The molecule has 0 saturated carbocycles. The summed E-state index contributed by atoms with van der Waals surface area (Å²) < 4.78 is 27.9. The fourth-order valence-corrected chi connectivity index (χ4v) is 9.65. The third-order valence-corrected chi connectivity index (χ3v) is 14.1. The zero-order valence-electron chi connectivity index (χ0n) is 48.4. The number of carbonyl (C=O) groups is 8. The second-order valence-electron chi connectivity index (χ2n) is 22.4. The summed E-state index contributed by atoms with van der Waals surface area (Å²) in [5.41, 5.74) is 3.11. The Bertz CT molecular complexity index is 2660. The average molecular weight is 1100 g/mol. The van der Waals surface area contributed by atoms with Gasteiger partial charge in [0.05, 0.1) is 12.7 Å². The maximum Gasteiger partial charge on any atom is 0.329 e. The predicted octanol–water partition coefficient (Wildman–Crippen LogP) is 5.76. The molecule has 0 N–H and O–H groups in total. The second kappa shape index (κ2) is 28.5. The summed E-state index contributed by atoms with van der Waals surface area (Å²) >= 11 is 0. The smallest absolute Gasteiger partial charge is 0.329 e. The third-order valence-electron chi connectivity index (χ3n) is 14.1. The first-order valence-corrected chi connectivity index (χ1v) is 27.2. The van der Waals surface area contributed by atoms with Crippen LogP contribution >= 0.6 is 0 Å². The van der Waals surface area contributed by atoms with Gasteiger partial charge in [0.25, 0.3) is 23.6 Å². The molecule has 2 aromatic carbocycles. The van der Waals surface area contributed by atoms with Crippen molar-refractivity contribution in [3.63, 3.8) is 0 Å². The molecule has 1 fully saturated rings. The Morgan fingerprint density at radius 3 is 1.08 bits per heavy atom. The summed E-state index contributed by atoms with van der Waals surface area (Å²) in [6, 6.07) is 9.58. The number of hydrogen-bond donors (Lipinski definition) is 0. The molecule has 2 aromatic heterocycles. The molecule has 4 amide bonds. The van der Waals surface area contributed by atoms with E-state index in [9.17, 15) is 38.4 Å². The van der Waals surface area contributed by atoms with Gasteiger partial charge in [-0.1, -0.05) is 104 Å². The minimum Gasteiger partial charge on any atom is -0.451 e. The van der Waals surface area contributed by atoms with Gasteiger partial charge in [-0.25, -0.2) is 29.1 Å².